The predicted molar refractivity (Wildman–Crippen MR) is 79.7 cm³/mol. The van der Waals surface area contributed by atoms with Gasteiger partial charge >= 0.3 is 0 Å². The SMILES string of the molecule is Cc1ccc(C#N)c(N2CCC3C(CCCN3C)C2)n1. The van der Waals surface area contributed by atoms with Gasteiger partial charge in [-0.15, -0.1) is 0 Å². The summed E-state index contributed by atoms with van der Waals surface area (Å²) in [5.41, 5.74) is 1.69. The van der Waals surface area contributed by atoms with Gasteiger partial charge in [0.05, 0.1) is 5.56 Å². The Kier molecular flexibility index (Phi) is 3.62. The van der Waals surface area contributed by atoms with Crippen LogP contribution in [-0.4, -0.2) is 42.6 Å². The molecule has 0 aromatic carbocycles. The Bertz CT molecular complexity index is 534. The molecule has 4 nitrogen and oxygen atoms in total. The number of rotatable bonds is 1. The number of piperidine rings is 2. The lowest BCUT2D eigenvalue weighted by molar-refractivity contribution is 0.102. The molecule has 2 aliphatic heterocycles. The molecule has 3 rings (SSSR count). The van der Waals surface area contributed by atoms with Gasteiger partial charge in [-0.25, -0.2) is 4.98 Å². The van der Waals surface area contributed by atoms with Crippen LogP contribution in [0.5, 0.6) is 0 Å². The second-order valence-electron chi connectivity index (χ2n) is 6.12. The molecule has 2 aliphatic rings. The lowest BCUT2D eigenvalue weighted by Crippen LogP contribution is -2.53. The van der Waals surface area contributed by atoms with Gasteiger partial charge in [0.2, 0.25) is 0 Å². The van der Waals surface area contributed by atoms with Gasteiger partial charge in [0, 0.05) is 24.8 Å². The van der Waals surface area contributed by atoms with Crippen molar-refractivity contribution in [3.63, 3.8) is 0 Å². The third-order valence-corrected chi connectivity index (χ3v) is 4.78. The summed E-state index contributed by atoms with van der Waals surface area (Å²) in [4.78, 5) is 9.45. The first-order valence-corrected chi connectivity index (χ1v) is 7.52. The molecular weight excluding hydrogens is 248 g/mol. The number of aryl methyl sites for hydroxylation is 1. The maximum Gasteiger partial charge on any atom is 0.146 e. The van der Waals surface area contributed by atoms with Gasteiger partial charge in [-0.3, -0.25) is 0 Å². The van der Waals surface area contributed by atoms with E-state index in [0.29, 0.717) is 5.56 Å². The van der Waals surface area contributed by atoms with E-state index in [4.69, 9.17) is 0 Å². The highest BCUT2D eigenvalue weighted by Gasteiger charge is 2.35. The molecule has 0 saturated carbocycles. The maximum absolute atomic E-state index is 9.29. The average molecular weight is 270 g/mol. The second-order valence-corrected chi connectivity index (χ2v) is 6.12. The van der Waals surface area contributed by atoms with Gasteiger partial charge in [-0.05, 0) is 57.8 Å². The normalized spacial score (nSPS) is 26.9. The molecule has 20 heavy (non-hydrogen) atoms. The minimum atomic E-state index is 0.707. The minimum Gasteiger partial charge on any atom is -0.355 e. The summed E-state index contributed by atoms with van der Waals surface area (Å²) in [7, 11) is 2.25. The van der Waals surface area contributed by atoms with Gasteiger partial charge in [-0.2, -0.15) is 5.26 Å². The third kappa shape index (κ3) is 2.38. The molecule has 0 amide bonds. The van der Waals surface area contributed by atoms with Crippen molar-refractivity contribution < 1.29 is 0 Å². The van der Waals surface area contributed by atoms with Crippen molar-refractivity contribution in [1.29, 1.82) is 5.26 Å². The zero-order chi connectivity index (χ0) is 14.1. The zero-order valence-corrected chi connectivity index (χ0v) is 12.3. The first-order valence-electron chi connectivity index (χ1n) is 7.52. The Balaban J connectivity index is 1.83. The van der Waals surface area contributed by atoms with Crippen LogP contribution in [0.25, 0.3) is 0 Å². The van der Waals surface area contributed by atoms with Gasteiger partial charge in [0.15, 0.2) is 0 Å². The predicted octanol–water partition coefficient (Wildman–Crippen LogP) is 2.18. The third-order valence-electron chi connectivity index (χ3n) is 4.78. The fraction of sp³-hybridized carbons (Fsp3) is 0.625. The van der Waals surface area contributed by atoms with Gasteiger partial charge in [-0.1, -0.05) is 0 Å². The van der Waals surface area contributed by atoms with Crippen molar-refractivity contribution in [3.05, 3.63) is 23.4 Å². The Morgan fingerprint density at radius 1 is 1.30 bits per heavy atom. The molecule has 106 valence electrons. The van der Waals surface area contributed by atoms with Crippen molar-refractivity contribution in [2.24, 2.45) is 5.92 Å². The highest BCUT2D eigenvalue weighted by atomic mass is 15.2. The average Bonchev–Trinajstić information content (AvgIpc) is 2.47. The van der Waals surface area contributed by atoms with E-state index in [0.717, 1.165) is 36.6 Å². The van der Waals surface area contributed by atoms with Gasteiger partial charge < -0.3 is 9.80 Å². The molecule has 0 N–H and O–H groups in total. The van der Waals surface area contributed by atoms with E-state index < -0.39 is 0 Å². The Morgan fingerprint density at radius 3 is 2.95 bits per heavy atom. The number of nitrogens with zero attached hydrogens (tertiary/aromatic N) is 4. The molecular formula is C16H22N4. The van der Waals surface area contributed by atoms with E-state index in [1.165, 1.54) is 25.8 Å². The van der Waals surface area contributed by atoms with E-state index in [9.17, 15) is 5.26 Å². The highest BCUT2D eigenvalue weighted by Crippen LogP contribution is 2.32. The molecule has 0 radical (unpaired) electrons. The van der Waals surface area contributed by atoms with Crippen LogP contribution in [0.2, 0.25) is 0 Å². The quantitative estimate of drug-likeness (QED) is 0.784. The molecule has 0 spiro atoms. The van der Waals surface area contributed by atoms with Crippen LogP contribution < -0.4 is 4.90 Å². The van der Waals surface area contributed by atoms with E-state index in [1.807, 2.05) is 19.1 Å². The van der Waals surface area contributed by atoms with Gasteiger partial charge in [0.1, 0.15) is 11.9 Å². The molecule has 1 aromatic rings. The topological polar surface area (TPSA) is 43.2 Å². The summed E-state index contributed by atoms with van der Waals surface area (Å²) >= 11 is 0. The van der Waals surface area contributed by atoms with Crippen LogP contribution in [0.15, 0.2) is 12.1 Å². The zero-order valence-electron chi connectivity index (χ0n) is 12.3. The number of hydrogen-bond acceptors (Lipinski definition) is 4. The fourth-order valence-electron chi connectivity index (χ4n) is 3.72. The second kappa shape index (κ2) is 5.41. The van der Waals surface area contributed by atoms with Crippen LogP contribution in [0.3, 0.4) is 0 Å². The lowest BCUT2D eigenvalue weighted by atomic mass is 9.84. The highest BCUT2D eigenvalue weighted by molar-refractivity contribution is 5.54. The molecule has 2 saturated heterocycles. The number of pyridine rings is 1. The smallest absolute Gasteiger partial charge is 0.146 e. The lowest BCUT2D eigenvalue weighted by Gasteiger charge is -2.46. The largest absolute Gasteiger partial charge is 0.355 e. The van der Waals surface area contributed by atoms with E-state index in [-0.39, 0.29) is 0 Å². The molecule has 3 heterocycles. The summed E-state index contributed by atoms with van der Waals surface area (Å²) in [5, 5.41) is 9.29. The summed E-state index contributed by atoms with van der Waals surface area (Å²) in [6, 6.07) is 6.82. The Hall–Kier alpha value is -1.60. The van der Waals surface area contributed by atoms with Crippen LogP contribution in [0, 0.1) is 24.2 Å². The number of nitriles is 1. The first-order chi connectivity index (χ1) is 9.69. The maximum atomic E-state index is 9.29. The molecule has 0 aliphatic carbocycles. The molecule has 2 fully saturated rings. The summed E-state index contributed by atoms with van der Waals surface area (Å²) < 4.78 is 0. The van der Waals surface area contributed by atoms with Crippen LogP contribution in [0.4, 0.5) is 5.82 Å². The molecule has 0 bridgehead atoms. The first kappa shape index (κ1) is 13.4. The molecule has 4 heteroatoms. The monoisotopic (exact) mass is 270 g/mol. The summed E-state index contributed by atoms with van der Waals surface area (Å²) in [6.45, 7) is 5.27. The van der Waals surface area contributed by atoms with Crippen LogP contribution in [-0.2, 0) is 0 Å². The van der Waals surface area contributed by atoms with E-state index in [1.54, 1.807) is 0 Å². The number of aromatic nitrogens is 1. The van der Waals surface area contributed by atoms with E-state index in [2.05, 4.69) is 27.9 Å². The number of likely N-dealkylation sites (tertiary alicyclic amines) is 1. The van der Waals surface area contributed by atoms with E-state index >= 15 is 0 Å². The molecule has 2 unspecified atom stereocenters. The standard InChI is InChI=1S/C16H22N4/c1-12-5-6-13(10-17)16(18-12)20-9-7-15-14(11-20)4-3-8-19(15)2/h5-6,14-15H,3-4,7-9,11H2,1-2H3. The number of anilines is 1. The Labute approximate surface area is 121 Å². The summed E-state index contributed by atoms with van der Waals surface area (Å²) in [6.07, 6.45) is 3.78. The minimum absolute atomic E-state index is 0.707. The Morgan fingerprint density at radius 2 is 2.15 bits per heavy atom. The van der Waals surface area contributed by atoms with Crippen molar-refractivity contribution >= 4 is 5.82 Å². The van der Waals surface area contributed by atoms with Crippen LogP contribution >= 0.6 is 0 Å². The van der Waals surface area contributed by atoms with Crippen molar-refractivity contribution in [3.8, 4) is 6.07 Å². The van der Waals surface area contributed by atoms with Crippen molar-refractivity contribution in [2.75, 3.05) is 31.6 Å². The summed E-state index contributed by atoms with van der Waals surface area (Å²) in [5.74, 6) is 1.61. The van der Waals surface area contributed by atoms with Gasteiger partial charge in [0.25, 0.3) is 0 Å². The fourth-order valence-corrected chi connectivity index (χ4v) is 3.72. The number of hydrogen-bond donors (Lipinski definition) is 0. The van der Waals surface area contributed by atoms with Crippen molar-refractivity contribution in [1.82, 2.24) is 9.88 Å². The molecule has 1 aromatic heterocycles. The number of fused-ring (bicyclic) bond motifs is 1. The van der Waals surface area contributed by atoms with Crippen LogP contribution in [0.1, 0.15) is 30.5 Å². The molecule has 2 atom stereocenters. The van der Waals surface area contributed by atoms with Crippen molar-refractivity contribution in [2.45, 2.75) is 32.2 Å².